The molecule has 0 atom stereocenters. The Morgan fingerprint density at radius 2 is 2.00 bits per heavy atom. The van der Waals surface area contributed by atoms with Crippen molar-refractivity contribution in [2.45, 2.75) is 12.7 Å². The third-order valence-corrected chi connectivity index (χ3v) is 0.597. The molecule has 0 aliphatic rings. The standard InChI is InChI=1S/C3H5ClO4.Na.H/c1-3(6,7)2(5)8-4;;/h6-7H,1H3;;. The van der Waals surface area contributed by atoms with Gasteiger partial charge in [0.05, 0.1) is 0 Å². The molecule has 0 aliphatic heterocycles. The molecule has 0 saturated heterocycles. The van der Waals surface area contributed by atoms with E-state index in [0.717, 1.165) is 6.92 Å². The van der Waals surface area contributed by atoms with Crippen LogP contribution >= 0.6 is 11.9 Å². The second-order valence-corrected chi connectivity index (χ2v) is 1.54. The number of rotatable bonds is 1. The van der Waals surface area contributed by atoms with Crippen molar-refractivity contribution >= 4 is 47.4 Å². The molecule has 4 nitrogen and oxygen atoms in total. The van der Waals surface area contributed by atoms with Gasteiger partial charge < -0.3 is 14.5 Å². The van der Waals surface area contributed by atoms with E-state index in [0.29, 0.717) is 0 Å². The fourth-order valence-corrected chi connectivity index (χ4v) is 0.219. The van der Waals surface area contributed by atoms with Crippen LogP contribution in [0.25, 0.3) is 0 Å². The van der Waals surface area contributed by atoms with Gasteiger partial charge in [-0.1, -0.05) is 0 Å². The zero-order chi connectivity index (χ0) is 6.78. The molecule has 0 amide bonds. The average molecular weight is 165 g/mol. The van der Waals surface area contributed by atoms with Crippen molar-refractivity contribution in [1.82, 2.24) is 0 Å². The first-order valence-corrected chi connectivity index (χ1v) is 2.07. The van der Waals surface area contributed by atoms with Crippen LogP contribution in [0.4, 0.5) is 0 Å². The summed E-state index contributed by atoms with van der Waals surface area (Å²) >= 11 is 4.47. The average Bonchev–Trinajstić information content (AvgIpc) is 1.62. The zero-order valence-corrected chi connectivity index (χ0v) is 4.84. The van der Waals surface area contributed by atoms with Crippen molar-refractivity contribution in [3.05, 3.63) is 0 Å². The van der Waals surface area contributed by atoms with Gasteiger partial charge in [0.1, 0.15) is 11.9 Å². The molecule has 0 spiro atoms. The minimum atomic E-state index is -2.48. The van der Waals surface area contributed by atoms with E-state index in [1.165, 1.54) is 0 Å². The van der Waals surface area contributed by atoms with Gasteiger partial charge in [0.25, 0.3) is 5.79 Å². The molecule has 0 saturated carbocycles. The SMILES string of the molecule is CC(O)(O)C(=O)OCl.[NaH]. The van der Waals surface area contributed by atoms with Gasteiger partial charge in [-0.25, -0.2) is 4.79 Å². The fourth-order valence-electron chi connectivity index (χ4n) is 0.0731. The molecule has 2 N–H and O–H groups in total. The maximum atomic E-state index is 9.98. The molecule has 0 rings (SSSR count). The minimum absolute atomic E-state index is 0. The topological polar surface area (TPSA) is 66.8 Å². The summed E-state index contributed by atoms with van der Waals surface area (Å²) in [5, 5.41) is 16.6. The Kier molecular flexibility index (Phi) is 6.17. The molecular weight excluding hydrogens is 158 g/mol. The van der Waals surface area contributed by atoms with Crippen LogP contribution in [0.2, 0.25) is 0 Å². The van der Waals surface area contributed by atoms with Crippen LogP contribution in [0.15, 0.2) is 0 Å². The van der Waals surface area contributed by atoms with E-state index in [1.807, 2.05) is 0 Å². The Hall–Kier alpha value is 0.680. The monoisotopic (exact) mass is 164 g/mol. The van der Waals surface area contributed by atoms with Crippen LogP contribution in [0, 0.1) is 0 Å². The molecule has 0 fully saturated rings. The Morgan fingerprint density at radius 3 is 2.00 bits per heavy atom. The Labute approximate surface area is 79.2 Å². The van der Waals surface area contributed by atoms with Gasteiger partial charge >= 0.3 is 35.5 Å². The second kappa shape index (κ2) is 4.49. The van der Waals surface area contributed by atoms with Crippen molar-refractivity contribution in [3.63, 3.8) is 0 Å². The normalized spacial score (nSPS) is 9.78. The predicted molar refractivity (Wildman–Crippen MR) is 31.9 cm³/mol. The van der Waals surface area contributed by atoms with Crippen LogP contribution in [0.5, 0.6) is 0 Å². The first-order valence-electron chi connectivity index (χ1n) is 1.76. The molecule has 0 aromatic rings. The van der Waals surface area contributed by atoms with E-state index in [-0.39, 0.29) is 29.6 Å². The predicted octanol–water partition coefficient (Wildman–Crippen LogP) is -1.26. The van der Waals surface area contributed by atoms with E-state index in [4.69, 9.17) is 10.2 Å². The summed E-state index contributed by atoms with van der Waals surface area (Å²) in [4.78, 5) is 9.98. The van der Waals surface area contributed by atoms with E-state index < -0.39 is 11.8 Å². The van der Waals surface area contributed by atoms with Crippen LogP contribution in [-0.4, -0.2) is 51.5 Å². The molecule has 0 unspecified atom stereocenters. The number of hydrogen-bond donors (Lipinski definition) is 2. The zero-order valence-electron chi connectivity index (χ0n) is 4.09. The Morgan fingerprint density at radius 1 is 1.67 bits per heavy atom. The van der Waals surface area contributed by atoms with Gasteiger partial charge in [0.2, 0.25) is 0 Å². The number of hydrogen-bond acceptors (Lipinski definition) is 4. The Balaban J connectivity index is 0. The summed E-state index contributed by atoms with van der Waals surface area (Å²) in [6, 6.07) is 0. The van der Waals surface area contributed by atoms with Crippen molar-refractivity contribution in [1.29, 1.82) is 0 Å². The summed E-state index contributed by atoms with van der Waals surface area (Å²) < 4.78 is 3.45. The van der Waals surface area contributed by atoms with Gasteiger partial charge in [-0.15, -0.1) is 0 Å². The molecule has 9 heavy (non-hydrogen) atoms. The molecule has 0 aliphatic carbocycles. The molecule has 0 aromatic carbocycles. The second-order valence-electron chi connectivity index (χ2n) is 1.39. The molecule has 50 valence electrons. The quantitative estimate of drug-likeness (QED) is 0.375. The van der Waals surface area contributed by atoms with Crippen molar-refractivity contribution in [2.24, 2.45) is 0 Å². The Bertz CT molecular complexity index is 98.5. The number of carbonyl (C=O) groups excluding carboxylic acids is 1. The van der Waals surface area contributed by atoms with Gasteiger partial charge in [-0.3, -0.25) is 0 Å². The first-order chi connectivity index (χ1) is 3.48. The molecular formula is C3H6ClNaO4. The van der Waals surface area contributed by atoms with Gasteiger partial charge in [0, 0.05) is 6.92 Å². The van der Waals surface area contributed by atoms with Crippen molar-refractivity contribution < 1.29 is 19.3 Å². The maximum absolute atomic E-state index is 9.98. The number of halogens is 1. The van der Waals surface area contributed by atoms with Crippen LogP contribution in [-0.2, 0) is 9.08 Å². The van der Waals surface area contributed by atoms with Crippen molar-refractivity contribution in [2.75, 3.05) is 0 Å². The van der Waals surface area contributed by atoms with Gasteiger partial charge in [0.15, 0.2) is 0 Å². The van der Waals surface area contributed by atoms with E-state index in [2.05, 4.69) is 16.2 Å². The molecule has 0 heterocycles. The number of aliphatic hydroxyl groups is 2. The molecule has 0 radical (unpaired) electrons. The van der Waals surface area contributed by atoms with Gasteiger partial charge in [-0.2, -0.15) is 0 Å². The van der Waals surface area contributed by atoms with Crippen LogP contribution in [0.1, 0.15) is 6.92 Å². The summed E-state index contributed by atoms with van der Waals surface area (Å²) in [5.74, 6) is -3.78. The number of carbonyl (C=O) groups is 1. The molecule has 6 heteroatoms. The fraction of sp³-hybridized carbons (Fsp3) is 0.667. The summed E-state index contributed by atoms with van der Waals surface area (Å²) in [6.07, 6.45) is 0. The molecule has 0 aromatic heterocycles. The first kappa shape index (κ1) is 12.4. The summed E-state index contributed by atoms with van der Waals surface area (Å²) in [5.41, 5.74) is 0. The van der Waals surface area contributed by atoms with Gasteiger partial charge in [-0.05, 0) is 0 Å². The van der Waals surface area contributed by atoms with E-state index in [9.17, 15) is 4.79 Å². The third-order valence-electron chi connectivity index (χ3n) is 0.457. The third kappa shape index (κ3) is 5.14. The molecule has 0 bridgehead atoms. The van der Waals surface area contributed by atoms with Crippen molar-refractivity contribution in [3.8, 4) is 0 Å². The van der Waals surface area contributed by atoms with Crippen LogP contribution < -0.4 is 0 Å². The summed E-state index contributed by atoms with van der Waals surface area (Å²) in [6.45, 7) is 0.845. The van der Waals surface area contributed by atoms with E-state index >= 15 is 0 Å². The summed E-state index contributed by atoms with van der Waals surface area (Å²) in [7, 11) is 0. The van der Waals surface area contributed by atoms with E-state index in [1.54, 1.807) is 0 Å². The van der Waals surface area contributed by atoms with Crippen LogP contribution in [0.3, 0.4) is 0 Å².